The van der Waals surface area contributed by atoms with Gasteiger partial charge in [-0.3, -0.25) is 9.59 Å². The van der Waals surface area contributed by atoms with Crippen LogP contribution in [0.3, 0.4) is 0 Å². The third kappa shape index (κ3) is 2.85. The van der Waals surface area contributed by atoms with Gasteiger partial charge in [0.1, 0.15) is 5.69 Å². The number of benzene rings is 2. The summed E-state index contributed by atoms with van der Waals surface area (Å²) in [5, 5.41) is 7.23. The van der Waals surface area contributed by atoms with Crippen LogP contribution in [0.5, 0.6) is 0 Å². The molecule has 10 heteroatoms. The molecule has 0 aliphatic carbocycles. The predicted molar refractivity (Wildman–Crippen MR) is 83.5 cm³/mol. The molecule has 0 fully saturated rings. The zero-order chi connectivity index (χ0) is 19.0. The van der Waals surface area contributed by atoms with Gasteiger partial charge < -0.3 is 5.32 Å². The van der Waals surface area contributed by atoms with Gasteiger partial charge in [0.15, 0.2) is 23.3 Å². The summed E-state index contributed by atoms with van der Waals surface area (Å²) in [6, 6.07) is 6.98. The number of amides is 1. The Labute approximate surface area is 143 Å². The van der Waals surface area contributed by atoms with Crippen LogP contribution in [0, 0.1) is 23.3 Å². The number of H-pyrrole nitrogens is 1. The van der Waals surface area contributed by atoms with E-state index in [2.05, 4.69) is 10.2 Å². The predicted octanol–water partition coefficient (Wildman–Crippen LogP) is 2.58. The third-order valence-corrected chi connectivity index (χ3v) is 3.51. The van der Waals surface area contributed by atoms with E-state index in [0.717, 1.165) is 4.80 Å². The SMILES string of the molecule is Cn1nc(C(=O)Nc2c(F)c(F)c(-c3ccccc3)c(F)c2F)c(=O)[nH]1. The molecule has 3 rings (SSSR count). The molecule has 2 aromatic carbocycles. The van der Waals surface area contributed by atoms with Gasteiger partial charge in [0, 0.05) is 7.05 Å². The van der Waals surface area contributed by atoms with Gasteiger partial charge in [-0.15, -0.1) is 5.10 Å². The summed E-state index contributed by atoms with van der Waals surface area (Å²) in [4.78, 5) is 24.3. The molecule has 3 aromatic rings. The van der Waals surface area contributed by atoms with Gasteiger partial charge in [-0.1, -0.05) is 30.3 Å². The Kier molecular flexibility index (Phi) is 4.33. The van der Waals surface area contributed by atoms with Crippen molar-refractivity contribution in [3.8, 4) is 11.1 Å². The number of nitrogens with zero attached hydrogens (tertiary/aromatic N) is 2. The monoisotopic (exact) mass is 366 g/mol. The number of carbonyl (C=O) groups excluding carboxylic acids is 1. The van der Waals surface area contributed by atoms with E-state index in [-0.39, 0.29) is 5.56 Å². The maximum Gasteiger partial charge on any atom is 0.297 e. The first-order valence-corrected chi connectivity index (χ1v) is 7.17. The normalized spacial score (nSPS) is 10.8. The van der Waals surface area contributed by atoms with Gasteiger partial charge in [-0.25, -0.2) is 27.5 Å². The topological polar surface area (TPSA) is 79.8 Å². The molecule has 1 heterocycles. The summed E-state index contributed by atoms with van der Waals surface area (Å²) in [7, 11) is 1.30. The Bertz CT molecular complexity index is 1030. The molecule has 0 spiro atoms. The van der Waals surface area contributed by atoms with Crippen molar-refractivity contribution in [1.82, 2.24) is 15.0 Å². The quantitative estimate of drug-likeness (QED) is 0.552. The number of halogens is 4. The van der Waals surface area contributed by atoms with Crippen molar-refractivity contribution in [2.75, 3.05) is 5.32 Å². The standard InChI is InChI=1S/C16H10F4N4O2/c1-24-22-14(16(26)23-24)15(25)21-13-11(19)9(17)8(10(18)12(13)20)7-5-3-2-4-6-7/h2-6H,1H3,(H,21,25)(H,23,26). The number of carbonyl (C=O) groups is 1. The molecule has 26 heavy (non-hydrogen) atoms. The average molecular weight is 366 g/mol. The van der Waals surface area contributed by atoms with E-state index in [4.69, 9.17) is 0 Å². The minimum Gasteiger partial charge on any atom is -0.315 e. The Hall–Kier alpha value is -3.43. The van der Waals surface area contributed by atoms with E-state index >= 15 is 0 Å². The van der Waals surface area contributed by atoms with Crippen LogP contribution < -0.4 is 10.9 Å². The summed E-state index contributed by atoms with van der Waals surface area (Å²) >= 11 is 0. The number of nitrogens with one attached hydrogen (secondary N) is 2. The molecule has 0 radical (unpaired) electrons. The second-order valence-electron chi connectivity index (χ2n) is 5.24. The van der Waals surface area contributed by atoms with E-state index in [1.54, 1.807) is 11.4 Å². The number of aryl methyl sites for hydroxylation is 1. The van der Waals surface area contributed by atoms with E-state index in [1.165, 1.54) is 31.3 Å². The number of anilines is 1. The molecule has 6 nitrogen and oxygen atoms in total. The van der Waals surface area contributed by atoms with E-state index < -0.39 is 51.7 Å². The second kappa shape index (κ2) is 6.47. The van der Waals surface area contributed by atoms with Crippen LogP contribution >= 0.6 is 0 Å². The van der Waals surface area contributed by atoms with Crippen molar-refractivity contribution in [1.29, 1.82) is 0 Å². The molecule has 0 saturated carbocycles. The molecule has 0 aliphatic rings. The number of hydrogen-bond acceptors (Lipinski definition) is 3. The Balaban J connectivity index is 2.08. The Morgan fingerprint density at radius 1 is 1.04 bits per heavy atom. The van der Waals surface area contributed by atoms with E-state index in [0.29, 0.717) is 0 Å². The van der Waals surface area contributed by atoms with Crippen molar-refractivity contribution < 1.29 is 22.4 Å². The van der Waals surface area contributed by atoms with Gasteiger partial charge >= 0.3 is 0 Å². The van der Waals surface area contributed by atoms with Crippen LogP contribution in [-0.2, 0) is 7.05 Å². The van der Waals surface area contributed by atoms with Crippen molar-refractivity contribution in [3.05, 3.63) is 69.6 Å². The Morgan fingerprint density at radius 2 is 1.62 bits per heavy atom. The van der Waals surface area contributed by atoms with Crippen molar-refractivity contribution >= 4 is 11.6 Å². The first kappa shape index (κ1) is 17.4. The van der Waals surface area contributed by atoms with Crippen LogP contribution in [-0.4, -0.2) is 20.9 Å². The van der Waals surface area contributed by atoms with E-state index in [9.17, 15) is 27.2 Å². The highest BCUT2D eigenvalue weighted by Crippen LogP contribution is 2.34. The number of aromatic amines is 1. The van der Waals surface area contributed by atoms with Gasteiger partial charge in [-0.05, 0) is 5.56 Å². The van der Waals surface area contributed by atoms with Crippen LogP contribution in [0.25, 0.3) is 11.1 Å². The van der Waals surface area contributed by atoms with Crippen LogP contribution in [0.4, 0.5) is 23.2 Å². The highest BCUT2D eigenvalue weighted by Gasteiger charge is 2.28. The summed E-state index contributed by atoms with van der Waals surface area (Å²) in [6.07, 6.45) is 0. The zero-order valence-corrected chi connectivity index (χ0v) is 13.1. The minimum atomic E-state index is -1.80. The van der Waals surface area contributed by atoms with Crippen molar-refractivity contribution in [2.45, 2.75) is 0 Å². The molecule has 0 unspecified atom stereocenters. The molecule has 1 aromatic heterocycles. The first-order valence-electron chi connectivity index (χ1n) is 7.17. The molecule has 0 atom stereocenters. The van der Waals surface area contributed by atoms with Crippen LogP contribution in [0.15, 0.2) is 35.1 Å². The van der Waals surface area contributed by atoms with E-state index in [1.807, 2.05) is 0 Å². The molecular formula is C16H10F4N4O2. The molecule has 0 bridgehead atoms. The van der Waals surface area contributed by atoms with Crippen LogP contribution in [0.2, 0.25) is 0 Å². The fraction of sp³-hybridized carbons (Fsp3) is 0.0625. The summed E-state index contributed by atoms with van der Waals surface area (Å²) in [5.74, 6) is -8.29. The maximum absolute atomic E-state index is 14.3. The number of hydrogen-bond donors (Lipinski definition) is 2. The Morgan fingerprint density at radius 3 is 2.12 bits per heavy atom. The maximum atomic E-state index is 14.3. The lowest BCUT2D eigenvalue weighted by Gasteiger charge is -2.12. The smallest absolute Gasteiger partial charge is 0.297 e. The number of aromatic nitrogens is 3. The number of rotatable bonds is 3. The molecule has 0 saturated heterocycles. The molecule has 2 N–H and O–H groups in total. The summed E-state index contributed by atoms with van der Waals surface area (Å²) in [5.41, 5.74) is -4.00. The fourth-order valence-electron chi connectivity index (χ4n) is 2.34. The van der Waals surface area contributed by atoms with Gasteiger partial charge in [0.05, 0.1) is 5.56 Å². The summed E-state index contributed by atoms with van der Waals surface area (Å²) < 4.78 is 57.1. The van der Waals surface area contributed by atoms with Gasteiger partial charge in [0.2, 0.25) is 5.69 Å². The van der Waals surface area contributed by atoms with Crippen molar-refractivity contribution in [3.63, 3.8) is 0 Å². The minimum absolute atomic E-state index is 0.0839. The lowest BCUT2D eigenvalue weighted by Crippen LogP contribution is -2.22. The third-order valence-electron chi connectivity index (χ3n) is 3.51. The lowest BCUT2D eigenvalue weighted by molar-refractivity contribution is 0.101. The zero-order valence-electron chi connectivity index (χ0n) is 13.1. The fourth-order valence-corrected chi connectivity index (χ4v) is 2.34. The largest absolute Gasteiger partial charge is 0.315 e. The average Bonchev–Trinajstić information content (AvgIpc) is 2.96. The van der Waals surface area contributed by atoms with Crippen molar-refractivity contribution in [2.24, 2.45) is 7.05 Å². The molecule has 134 valence electrons. The summed E-state index contributed by atoms with van der Waals surface area (Å²) in [6.45, 7) is 0. The van der Waals surface area contributed by atoms with Crippen LogP contribution in [0.1, 0.15) is 10.5 Å². The molecule has 1 amide bonds. The first-order chi connectivity index (χ1) is 12.3. The van der Waals surface area contributed by atoms with Gasteiger partial charge in [-0.2, -0.15) is 0 Å². The second-order valence-corrected chi connectivity index (χ2v) is 5.24. The molecule has 0 aliphatic heterocycles. The van der Waals surface area contributed by atoms with Gasteiger partial charge in [0.25, 0.3) is 11.5 Å². The highest BCUT2D eigenvalue weighted by atomic mass is 19.2. The highest BCUT2D eigenvalue weighted by molar-refractivity contribution is 6.02. The lowest BCUT2D eigenvalue weighted by atomic mass is 10.0. The molecular weight excluding hydrogens is 356 g/mol.